The molecule has 0 aromatic heterocycles. The lowest BCUT2D eigenvalue weighted by Gasteiger charge is -2.26. The summed E-state index contributed by atoms with van der Waals surface area (Å²) in [6, 6.07) is 5.87. The molecule has 0 fully saturated rings. The smallest absolute Gasteiger partial charge is 0.445 e. The number of amides is 4. The van der Waals surface area contributed by atoms with E-state index in [0.717, 1.165) is 4.90 Å². The van der Waals surface area contributed by atoms with Crippen molar-refractivity contribution in [2.75, 3.05) is 32.3 Å². The Kier molecular flexibility index (Phi) is 5.92. The number of carbonyl (C=O) groups excluding carboxylic acids is 4. The number of thioether (sulfide) groups is 1. The molecule has 1 atom stereocenters. The van der Waals surface area contributed by atoms with Gasteiger partial charge in [0.2, 0.25) is 5.91 Å². The van der Waals surface area contributed by atoms with Crippen LogP contribution in [0.5, 0.6) is 0 Å². The molecule has 10 heteroatoms. The Morgan fingerprint density at radius 2 is 1.97 bits per heavy atom. The highest BCUT2D eigenvalue weighted by atomic mass is 32.2. The summed E-state index contributed by atoms with van der Waals surface area (Å²) < 4.78 is 5.97. The molecule has 1 N–H and O–H groups in total. The number of nitrogens with one attached hydrogen (secondary N) is 1. The second-order valence-electron chi connectivity index (χ2n) is 6.28. The van der Waals surface area contributed by atoms with E-state index in [9.17, 15) is 19.2 Å². The average Bonchev–Trinajstić information content (AvgIpc) is 2.74. The van der Waals surface area contributed by atoms with E-state index in [2.05, 4.69) is 15.0 Å². The van der Waals surface area contributed by atoms with Crippen LogP contribution in [0.15, 0.2) is 40.2 Å². The van der Waals surface area contributed by atoms with Crippen LogP contribution in [0.1, 0.15) is 10.4 Å². The number of dihydropyridines is 1. The molecule has 150 valence electrons. The summed E-state index contributed by atoms with van der Waals surface area (Å²) in [5, 5.41) is 2.73. The van der Waals surface area contributed by atoms with Gasteiger partial charge in [-0.05, 0) is 30.3 Å². The molecule has 0 bridgehead atoms. The fourth-order valence-electron chi connectivity index (χ4n) is 2.89. The standard InChI is InChI=1S/C19H18N4O5S/c1-22-16-15(17(25)23(2)19(22)27)13(8-9-20-16)29-10-14(24)21-12-6-4-11(5-7-12)18(26)28-3/h4-9,15H,10H2,1-3H3/p+1. The second kappa shape index (κ2) is 8.39. The second-order valence-corrected chi connectivity index (χ2v) is 7.33. The first kappa shape index (κ1) is 20.5. The number of nitrogens with zero attached hydrogens (tertiary/aromatic N) is 3. The van der Waals surface area contributed by atoms with E-state index in [-0.39, 0.29) is 17.6 Å². The Morgan fingerprint density at radius 1 is 1.28 bits per heavy atom. The molecule has 0 spiro atoms. The van der Waals surface area contributed by atoms with E-state index in [0.29, 0.717) is 22.0 Å². The predicted molar refractivity (Wildman–Crippen MR) is 108 cm³/mol. The number of ether oxygens (including phenoxy) is 1. The first-order valence-corrected chi connectivity index (χ1v) is 9.59. The minimum Gasteiger partial charge on any atom is -0.465 e. The number of urea groups is 1. The third kappa shape index (κ3) is 4.11. The van der Waals surface area contributed by atoms with E-state index in [4.69, 9.17) is 0 Å². The maximum absolute atomic E-state index is 12.6. The van der Waals surface area contributed by atoms with Crippen LogP contribution in [0.4, 0.5) is 10.5 Å². The lowest BCUT2D eigenvalue weighted by molar-refractivity contribution is -0.407. The number of amidine groups is 1. The number of anilines is 1. The zero-order valence-electron chi connectivity index (χ0n) is 16.0. The minimum atomic E-state index is -0.704. The number of allylic oxidation sites excluding steroid dienone is 1. The number of hydrogen-bond acceptors (Lipinski definition) is 7. The molecule has 0 aliphatic carbocycles. The third-order valence-corrected chi connectivity index (χ3v) is 5.55. The highest BCUT2D eigenvalue weighted by molar-refractivity contribution is 8.03. The van der Waals surface area contributed by atoms with E-state index in [1.165, 1.54) is 36.7 Å². The number of hydrogen-bond donors (Lipinski definition) is 1. The van der Waals surface area contributed by atoms with Crippen LogP contribution in [0.25, 0.3) is 0 Å². The Bertz CT molecular complexity index is 981. The molecule has 1 unspecified atom stereocenters. The van der Waals surface area contributed by atoms with E-state index in [1.54, 1.807) is 37.4 Å². The Morgan fingerprint density at radius 3 is 2.62 bits per heavy atom. The van der Waals surface area contributed by atoms with Gasteiger partial charge < -0.3 is 10.1 Å². The monoisotopic (exact) mass is 415 g/mol. The fraction of sp³-hybridized carbons (Fsp3) is 0.263. The molecule has 0 radical (unpaired) electrons. The van der Waals surface area contributed by atoms with E-state index in [1.807, 2.05) is 0 Å². The molecule has 3 rings (SSSR count). The van der Waals surface area contributed by atoms with Crippen molar-refractivity contribution in [1.29, 1.82) is 0 Å². The van der Waals surface area contributed by atoms with Crippen LogP contribution in [0, 0.1) is 5.92 Å². The predicted octanol–water partition coefficient (Wildman–Crippen LogP) is 1.36. The maximum atomic E-state index is 12.6. The van der Waals surface area contributed by atoms with Crippen molar-refractivity contribution in [2.24, 2.45) is 10.9 Å². The molecule has 2 aliphatic heterocycles. The summed E-state index contributed by atoms with van der Waals surface area (Å²) in [5.41, 5.74) is 0.918. The topological polar surface area (TPSA) is 108 Å². The molecule has 2 heterocycles. The van der Waals surface area contributed by atoms with Crippen LogP contribution in [-0.2, 0) is 14.3 Å². The molecule has 0 saturated carbocycles. The van der Waals surface area contributed by atoms with Gasteiger partial charge in [-0.25, -0.2) is 9.59 Å². The molecule has 1 aromatic carbocycles. The van der Waals surface area contributed by atoms with Gasteiger partial charge in [-0.15, -0.1) is 16.8 Å². The van der Waals surface area contributed by atoms with Crippen molar-refractivity contribution in [3.8, 4) is 0 Å². The first-order valence-electron chi connectivity index (χ1n) is 8.61. The number of fused-ring (bicyclic) bond motifs is 1. The number of esters is 1. The van der Waals surface area contributed by atoms with Gasteiger partial charge >= 0.3 is 17.9 Å². The molecule has 0 saturated heterocycles. The molecule has 4 amide bonds. The zero-order valence-corrected chi connectivity index (χ0v) is 16.9. The average molecular weight is 415 g/mol. The Hall–Kier alpha value is -3.27. The quantitative estimate of drug-likeness (QED) is 0.575. The van der Waals surface area contributed by atoms with E-state index >= 15 is 0 Å². The minimum absolute atomic E-state index is 0.0663. The number of benzene rings is 1. The lowest BCUT2D eigenvalue weighted by atomic mass is 10.0. The van der Waals surface area contributed by atoms with Crippen molar-refractivity contribution >= 4 is 53.3 Å². The molecule has 9 nitrogen and oxygen atoms in total. The number of aliphatic imine (C=N–C) groups is 1. The lowest BCUT2D eigenvalue weighted by Crippen LogP contribution is -2.52. The van der Waals surface area contributed by atoms with Crippen molar-refractivity contribution in [1.82, 2.24) is 4.90 Å². The largest absolute Gasteiger partial charge is 0.465 e. The Labute approximate surface area is 171 Å². The van der Waals surface area contributed by atoms with Gasteiger partial charge in [0, 0.05) is 10.6 Å². The van der Waals surface area contributed by atoms with Crippen molar-refractivity contribution in [3.63, 3.8) is 0 Å². The van der Waals surface area contributed by atoms with Gasteiger partial charge in [-0.2, -0.15) is 9.48 Å². The van der Waals surface area contributed by atoms with Gasteiger partial charge in [0.25, 0.3) is 5.84 Å². The van der Waals surface area contributed by atoms with Crippen molar-refractivity contribution in [3.05, 3.63) is 40.8 Å². The summed E-state index contributed by atoms with van der Waals surface area (Å²) in [7, 11) is 4.28. The maximum Gasteiger partial charge on any atom is 0.445 e. The normalized spacial score (nSPS) is 18.4. The summed E-state index contributed by atoms with van der Waals surface area (Å²) in [4.78, 5) is 54.2. The van der Waals surface area contributed by atoms with E-state index < -0.39 is 17.9 Å². The van der Waals surface area contributed by atoms with Crippen molar-refractivity contribution in [2.45, 2.75) is 0 Å². The van der Waals surface area contributed by atoms with Gasteiger partial charge in [0.05, 0.1) is 32.5 Å². The number of methoxy groups -OCH3 is 1. The van der Waals surface area contributed by atoms with Crippen LogP contribution in [0.3, 0.4) is 0 Å². The van der Waals surface area contributed by atoms with Crippen LogP contribution < -0.4 is 5.32 Å². The van der Waals surface area contributed by atoms with Gasteiger partial charge in [-0.1, -0.05) is 0 Å². The van der Waals surface area contributed by atoms with Crippen LogP contribution >= 0.6 is 11.8 Å². The van der Waals surface area contributed by atoms with Gasteiger partial charge in [0.15, 0.2) is 5.92 Å². The van der Waals surface area contributed by atoms with Gasteiger partial charge in [-0.3, -0.25) is 9.59 Å². The number of carbonyl (C=O) groups is 4. The van der Waals surface area contributed by atoms with Crippen molar-refractivity contribution < 1.29 is 28.5 Å². The molecule has 1 aromatic rings. The summed E-state index contributed by atoms with van der Waals surface area (Å²) in [5.74, 6) is -1.39. The third-order valence-electron chi connectivity index (χ3n) is 4.44. The first-order chi connectivity index (χ1) is 13.8. The van der Waals surface area contributed by atoms with Gasteiger partial charge in [0.1, 0.15) is 6.21 Å². The SMILES string of the molecule is COC(=O)c1ccc(NC(=O)CSC2=CC=NC3=[N+](C)C(=O)N(C)C(=O)C23)cc1. The number of rotatable bonds is 5. The molecule has 29 heavy (non-hydrogen) atoms. The summed E-state index contributed by atoms with van der Waals surface area (Å²) in [6.07, 6.45) is 3.19. The fourth-order valence-corrected chi connectivity index (χ4v) is 3.79. The van der Waals surface area contributed by atoms with Crippen LogP contribution in [0.2, 0.25) is 0 Å². The van der Waals surface area contributed by atoms with Crippen LogP contribution in [-0.4, -0.2) is 72.3 Å². The zero-order chi connectivity index (χ0) is 21.1. The summed E-state index contributed by atoms with van der Waals surface area (Å²) in [6.45, 7) is 0. The highest BCUT2D eigenvalue weighted by Crippen LogP contribution is 2.31. The Balaban J connectivity index is 1.65. The molecular formula is C19H19N4O5S+. The summed E-state index contributed by atoms with van der Waals surface area (Å²) >= 11 is 1.21. The molecular weight excluding hydrogens is 396 g/mol. The highest BCUT2D eigenvalue weighted by Gasteiger charge is 2.47. The number of imide groups is 1. The molecule has 2 aliphatic rings.